The predicted octanol–water partition coefficient (Wildman–Crippen LogP) is 15.2. The van der Waals surface area contributed by atoms with E-state index in [0.717, 1.165) is 131 Å². The summed E-state index contributed by atoms with van der Waals surface area (Å²) in [4.78, 5) is 27.1. The summed E-state index contributed by atoms with van der Waals surface area (Å²) in [5, 5.41) is 7.96. The molecule has 0 fully saturated rings. The molecule has 4 nitrogen and oxygen atoms in total. The maximum absolute atomic E-state index is 13.5. The maximum atomic E-state index is 13.5. The van der Waals surface area contributed by atoms with Crippen LogP contribution in [0, 0.1) is 0 Å². The van der Waals surface area contributed by atoms with Crippen molar-refractivity contribution >= 4 is 55.0 Å². The largest absolute Gasteiger partial charge is 0.425 e. The van der Waals surface area contributed by atoms with E-state index in [2.05, 4.69) is 100 Å². The lowest BCUT2D eigenvalue weighted by atomic mass is 9.84. The molecule has 0 atom stereocenters. The minimum absolute atomic E-state index is 0.177. The van der Waals surface area contributed by atoms with Gasteiger partial charge in [0.1, 0.15) is 11.5 Å². The zero-order valence-electron chi connectivity index (χ0n) is 34.4. The molecule has 0 unspecified atom stereocenters. The number of esters is 2. The predicted molar refractivity (Wildman–Crippen MR) is 237 cm³/mol. The molecule has 0 saturated heterocycles. The van der Waals surface area contributed by atoms with Crippen LogP contribution in [-0.4, -0.2) is 11.9 Å². The summed E-state index contributed by atoms with van der Waals surface area (Å²) in [6, 6.07) is 30.3. The molecule has 0 aromatic heterocycles. The van der Waals surface area contributed by atoms with Crippen LogP contribution in [0.15, 0.2) is 84.9 Å². The number of fused-ring (bicyclic) bond motifs is 4. The van der Waals surface area contributed by atoms with Crippen LogP contribution in [-0.2, 0) is 22.4 Å². The molecule has 0 aliphatic rings. The van der Waals surface area contributed by atoms with Crippen LogP contribution in [0.5, 0.6) is 11.5 Å². The minimum Gasteiger partial charge on any atom is -0.425 e. The second-order valence-electron chi connectivity index (χ2n) is 15.7. The summed E-state index contributed by atoms with van der Waals surface area (Å²) in [5.74, 6) is 0.927. The number of hydrogen-bond donors (Lipinski definition) is 0. The Kier molecular flexibility index (Phi) is 15.0. The number of benzene rings is 6. The first-order valence-electron chi connectivity index (χ1n) is 21.8. The number of carbonyl (C=O) groups excluding carboxylic acids is 2. The summed E-state index contributed by atoms with van der Waals surface area (Å²) in [6.07, 6.45) is 17.9. The lowest BCUT2D eigenvalue weighted by Crippen LogP contribution is -2.09. The molecular weight excluding hydrogens is 689 g/mol. The molecule has 4 heteroatoms. The van der Waals surface area contributed by atoms with Gasteiger partial charge in [0.2, 0.25) is 0 Å². The van der Waals surface area contributed by atoms with Crippen molar-refractivity contribution in [2.45, 2.75) is 143 Å². The van der Waals surface area contributed by atoms with Crippen molar-refractivity contribution in [1.29, 1.82) is 0 Å². The standard InChI is InChI=1S/C52H62O4/c1-5-9-13-15-17-29-47(53)55-51-41-27-21-19-25-39(41)49(45-35-37(23-11-7-3)31-33-43(45)51)50-40-26-20-22-28-42(40)52(56-48(54)30-18-16-14-10-6-2)44-34-32-38(24-12-8-4)36-46(44)50/h19-22,25-28,31-36H,5-18,23-24,29-30H2,1-4H3. The molecule has 294 valence electrons. The van der Waals surface area contributed by atoms with Crippen LogP contribution in [0.2, 0.25) is 0 Å². The third kappa shape index (κ3) is 9.63. The van der Waals surface area contributed by atoms with Gasteiger partial charge >= 0.3 is 11.9 Å². The van der Waals surface area contributed by atoms with Gasteiger partial charge in [-0.05, 0) is 82.3 Å². The molecule has 56 heavy (non-hydrogen) atoms. The van der Waals surface area contributed by atoms with Crippen molar-refractivity contribution < 1.29 is 19.1 Å². The monoisotopic (exact) mass is 750 g/mol. The van der Waals surface area contributed by atoms with Crippen LogP contribution in [0.4, 0.5) is 0 Å². The molecule has 0 amide bonds. The molecule has 0 saturated carbocycles. The Balaban J connectivity index is 1.60. The van der Waals surface area contributed by atoms with Gasteiger partial charge in [0, 0.05) is 34.4 Å². The van der Waals surface area contributed by atoms with E-state index < -0.39 is 0 Å². The molecular formula is C52H62O4. The number of aryl methyl sites for hydroxylation is 2. The summed E-state index contributed by atoms with van der Waals surface area (Å²) < 4.78 is 12.8. The average Bonchev–Trinajstić information content (AvgIpc) is 3.22. The van der Waals surface area contributed by atoms with Crippen molar-refractivity contribution in [2.75, 3.05) is 0 Å². The summed E-state index contributed by atoms with van der Waals surface area (Å²) in [7, 11) is 0. The van der Waals surface area contributed by atoms with Crippen molar-refractivity contribution in [1.82, 2.24) is 0 Å². The normalized spacial score (nSPS) is 11.6. The van der Waals surface area contributed by atoms with Crippen molar-refractivity contribution in [3.63, 3.8) is 0 Å². The minimum atomic E-state index is -0.177. The van der Waals surface area contributed by atoms with E-state index in [1.165, 1.54) is 36.8 Å². The molecule has 6 aromatic carbocycles. The molecule has 0 spiro atoms. The average molecular weight is 751 g/mol. The van der Waals surface area contributed by atoms with E-state index >= 15 is 0 Å². The number of unbranched alkanes of at least 4 members (excludes halogenated alkanes) is 10. The Bertz CT molecular complexity index is 2100. The van der Waals surface area contributed by atoms with Crippen molar-refractivity contribution in [3.05, 3.63) is 96.1 Å². The fourth-order valence-corrected chi connectivity index (χ4v) is 8.28. The highest BCUT2D eigenvalue weighted by Gasteiger charge is 2.24. The van der Waals surface area contributed by atoms with Crippen LogP contribution >= 0.6 is 0 Å². The molecule has 0 heterocycles. The number of carbonyl (C=O) groups is 2. The first-order chi connectivity index (χ1) is 27.5. The Morgan fingerprint density at radius 2 is 0.750 bits per heavy atom. The lowest BCUT2D eigenvalue weighted by molar-refractivity contribution is -0.135. The van der Waals surface area contributed by atoms with Gasteiger partial charge in [0.05, 0.1) is 0 Å². The zero-order valence-corrected chi connectivity index (χ0v) is 34.4. The highest BCUT2D eigenvalue weighted by Crippen LogP contribution is 2.50. The molecule has 0 N–H and O–H groups in total. The smallest absolute Gasteiger partial charge is 0.311 e. The molecule has 0 aliphatic heterocycles. The van der Waals surface area contributed by atoms with Gasteiger partial charge in [-0.15, -0.1) is 0 Å². The third-order valence-electron chi connectivity index (χ3n) is 11.4. The lowest BCUT2D eigenvalue weighted by Gasteiger charge is -2.22. The van der Waals surface area contributed by atoms with Gasteiger partial charge in [-0.3, -0.25) is 9.59 Å². The molecule has 0 bridgehead atoms. The zero-order chi connectivity index (χ0) is 39.3. The number of hydrogen-bond acceptors (Lipinski definition) is 4. The Labute approximate surface area is 335 Å². The van der Waals surface area contributed by atoms with E-state index in [9.17, 15) is 9.59 Å². The van der Waals surface area contributed by atoms with E-state index in [1.54, 1.807) is 0 Å². The summed E-state index contributed by atoms with van der Waals surface area (Å²) in [5.41, 5.74) is 4.78. The summed E-state index contributed by atoms with van der Waals surface area (Å²) in [6.45, 7) is 8.88. The van der Waals surface area contributed by atoms with Crippen LogP contribution in [0.1, 0.15) is 142 Å². The Hall–Kier alpha value is -4.70. The molecule has 0 radical (unpaired) electrons. The van der Waals surface area contributed by atoms with Gasteiger partial charge in [-0.1, -0.05) is 177 Å². The second kappa shape index (κ2) is 20.5. The number of rotatable bonds is 21. The highest BCUT2D eigenvalue weighted by molar-refractivity contribution is 6.27. The highest BCUT2D eigenvalue weighted by atomic mass is 16.5. The van der Waals surface area contributed by atoms with E-state index in [-0.39, 0.29) is 11.9 Å². The molecule has 0 aliphatic carbocycles. The quantitative estimate of drug-likeness (QED) is 0.0318. The van der Waals surface area contributed by atoms with Gasteiger partial charge in [-0.2, -0.15) is 0 Å². The van der Waals surface area contributed by atoms with E-state index in [0.29, 0.717) is 24.3 Å². The van der Waals surface area contributed by atoms with Gasteiger partial charge in [0.15, 0.2) is 0 Å². The molecule has 6 rings (SSSR count). The van der Waals surface area contributed by atoms with E-state index in [4.69, 9.17) is 9.47 Å². The topological polar surface area (TPSA) is 52.6 Å². The second-order valence-corrected chi connectivity index (χ2v) is 15.7. The fraction of sp³-hybridized carbons (Fsp3) is 0.423. The van der Waals surface area contributed by atoms with Crippen LogP contribution < -0.4 is 9.47 Å². The number of ether oxygens (including phenoxy) is 2. The Morgan fingerprint density at radius 1 is 0.393 bits per heavy atom. The Morgan fingerprint density at radius 3 is 1.14 bits per heavy atom. The maximum Gasteiger partial charge on any atom is 0.311 e. The van der Waals surface area contributed by atoms with Crippen LogP contribution in [0.25, 0.3) is 54.2 Å². The van der Waals surface area contributed by atoms with Crippen molar-refractivity contribution in [2.24, 2.45) is 0 Å². The van der Waals surface area contributed by atoms with Gasteiger partial charge < -0.3 is 9.47 Å². The van der Waals surface area contributed by atoms with E-state index in [1.807, 2.05) is 12.1 Å². The van der Waals surface area contributed by atoms with Gasteiger partial charge in [0.25, 0.3) is 0 Å². The SMILES string of the molecule is CCCCCCCC(=O)Oc1c2ccccc2c(-c2c3ccccc3c(OC(=O)CCCCCCC)c3ccc(CCCC)cc23)c2cc(CCCC)ccc12. The third-order valence-corrected chi connectivity index (χ3v) is 11.4. The molecule has 6 aromatic rings. The first-order valence-corrected chi connectivity index (χ1v) is 21.8. The first kappa shape index (κ1) is 40.9. The van der Waals surface area contributed by atoms with Crippen LogP contribution in [0.3, 0.4) is 0 Å². The van der Waals surface area contributed by atoms with Crippen molar-refractivity contribution in [3.8, 4) is 22.6 Å². The fourth-order valence-electron chi connectivity index (χ4n) is 8.28. The summed E-state index contributed by atoms with van der Waals surface area (Å²) >= 11 is 0. The van der Waals surface area contributed by atoms with Gasteiger partial charge in [-0.25, -0.2) is 0 Å².